The van der Waals surface area contributed by atoms with E-state index in [-0.39, 0.29) is 0 Å². The Morgan fingerprint density at radius 1 is 1.25 bits per heavy atom. The van der Waals surface area contributed by atoms with E-state index in [1.54, 1.807) is 7.11 Å². The molecule has 0 aliphatic heterocycles. The van der Waals surface area contributed by atoms with E-state index in [2.05, 4.69) is 5.32 Å². The number of nitrogens with two attached hydrogens (primary N) is 1. The zero-order chi connectivity index (χ0) is 11.4. The summed E-state index contributed by atoms with van der Waals surface area (Å²) in [6, 6.07) is 6.50. The van der Waals surface area contributed by atoms with E-state index in [1.807, 2.05) is 18.2 Å². The highest BCUT2D eigenvalue weighted by Crippen LogP contribution is 2.27. The fraction of sp³-hybridized carbons (Fsp3) is 0.538. The van der Waals surface area contributed by atoms with Gasteiger partial charge in [-0.05, 0) is 25.0 Å². The Kier molecular flexibility index (Phi) is 3.54. The van der Waals surface area contributed by atoms with Crippen LogP contribution >= 0.6 is 0 Å². The second kappa shape index (κ2) is 5.10. The molecule has 0 radical (unpaired) electrons. The van der Waals surface area contributed by atoms with Gasteiger partial charge in [-0.25, -0.2) is 0 Å². The summed E-state index contributed by atoms with van der Waals surface area (Å²) in [5, 5.41) is 3.55. The van der Waals surface area contributed by atoms with Gasteiger partial charge in [-0.2, -0.15) is 0 Å². The molecule has 16 heavy (non-hydrogen) atoms. The zero-order valence-electron chi connectivity index (χ0n) is 9.83. The molecule has 0 amide bonds. The van der Waals surface area contributed by atoms with Crippen molar-refractivity contribution >= 4 is 11.4 Å². The van der Waals surface area contributed by atoms with E-state index in [0.29, 0.717) is 11.7 Å². The van der Waals surface area contributed by atoms with Crippen molar-refractivity contribution in [3.8, 4) is 5.75 Å². The predicted molar refractivity (Wildman–Crippen MR) is 67.9 cm³/mol. The Bertz CT molecular complexity index is 346. The molecule has 0 heterocycles. The number of hydrogen-bond acceptors (Lipinski definition) is 3. The molecule has 1 aliphatic carbocycles. The second-order valence-corrected chi connectivity index (χ2v) is 4.44. The smallest absolute Gasteiger partial charge is 0.143 e. The Balaban J connectivity index is 2.03. The van der Waals surface area contributed by atoms with Crippen LogP contribution in [0.1, 0.15) is 32.1 Å². The highest BCUT2D eigenvalue weighted by atomic mass is 16.5. The molecule has 0 saturated heterocycles. The molecule has 1 aromatic rings. The summed E-state index contributed by atoms with van der Waals surface area (Å²) in [4.78, 5) is 0. The lowest BCUT2D eigenvalue weighted by molar-refractivity contribution is 0.417. The summed E-state index contributed by atoms with van der Waals surface area (Å²) in [6.07, 6.45) is 6.59. The zero-order valence-corrected chi connectivity index (χ0v) is 9.83. The maximum absolute atomic E-state index is 5.78. The van der Waals surface area contributed by atoms with Crippen molar-refractivity contribution in [1.82, 2.24) is 0 Å². The highest BCUT2D eigenvalue weighted by molar-refractivity contribution is 5.61. The number of nitrogen functional groups attached to an aromatic ring is 1. The summed E-state index contributed by atoms with van der Waals surface area (Å²) in [5.74, 6) is 0.751. The van der Waals surface area contributed by atoms with E-state index in [9.17, 15) is 0 Å². The number of anilines is 2. The molecule has 0 unspecified atom stereocenters. The second-order valence-electron chi connectivity index (χ2n) is 4.44. The van der Waals surface area contributed by atoms with E-state index >= 15 is 0 Å². The van der Waals surface area contributed by atoms with E-state index in [1.165, 1.54) is 32.1 Å². The first kappa shape index (κ1) is 11.1. The van der Waals surface area contributed by atoms with Crippen LogP contribution in [0.2, 0.25) is 0 Å². The first-order chi connectivity index (χ1) is 7.79. The van der Waals surface area contributed by atoms with Gasteiger partial charge in [0.15, 0.2) is 0 Å². The van der Waals surface area contributed by atoms with Gasteiger partial charge in [0.25, 0.3) is 0 Å². The van der Waals surface area contributed by atoms with Crippen molar-refractivity contribution in [3.63, 3.8) is 0 Å². The molecule has 0 atom stereocenters. The van der Waals surface area contributed by atoms with E-state index in [0.717, 1.165) is 11.4 Å². The minimum absolute atomic E-state index is 0.613. The first-order valence-corrected chi connectivity index (χ1v) is 5.99. The molecule has 0 spiro atoms. The van der Waals surface area contributed by atoms with Crippen molar-refractivity contribution < 1.29 is 4.74 Å². The summed E-state index contributed by atoms with van der Waals surface area (Å²) < 4.78 is 5.21. The minimum Gasteiger partial charge on any atom is -0.495 e. The average molecular weight is 220 g/mol. The maximum atomic E-state index is 5.78. The van der Waals surface area contributed by atoms with Gasteiger partial charge < -0.3 is 15.8 Å². The maximum Gasteiger partial charge on any atom is 0.143 e. The Labute approximate surface area is 97.0 Å². The number of methoxy groups -OCH3 is 1. The topological polar surface area (TPSA) is 47.3 Å². The standard InChI is InChI=1S/C13H20N2O/c1-16-13-9-11(7-8-12(13)14)15-10-5-3-2-4-6-10/h7-10,15H,2-6,14H2,1H3. The number of benzene rings is 1. The van der Waals surface area contributed by atoms with Crippen molar-refractivity contribution in [2.24, 2.45) is 0 Å². The molecule has 0 aromatic heterocycles. The van der Waals surface area contributed by atoms with Gasteiger partial charge in [-0.15, -0.1) is 0 Å². The lowest BCUT2D eigenvalue weighted by atomic mass is 9.95. The van der Waals surface area contributed by atoms with E-state index in [4.69, 9.17) is 10.5 Å². The fourth-order valence-electron chi connectivity index (χ4n) is 2.28. The van der Waals surface area contributed by atoms with Gasteiger partial charge in [0.1, 0.15) is 5.75 Å². The lowest BCUT2D eigenvalue weighted by Gasteiger charge is -2.24. The van der Waals surface area contributed by atoms with Crippen molar-refractivity contribution in [1.29, 1.82) is 0 Å². The van der Waals surface area contributed by atoms with Crippen molar-refractivity contribution in [3.05, 3.63) is 18.2 Å². The molecule has 0 bridgehead atoms. The summed E-state index contributed by atoms with van der Waals surface area (Å²) in [7, 11) is 1.65. The van der Waals surface area contributed by atoms with Crippen LogP contribution in [-0.4, -0.2) is 13.2 Å². The van der Waals surface area contributed by atoms with Crippen LogP contribution in [0, 0.1) is 0 Å². The van der Waals surface area contributed by atoms with Gasteiger partial charge in [0.05, 0.1) is 12.8 Å². The molecular formula is C13H20N2O. The third-order valence-electron chi connectivity index (χ3n) is 3.21. The van der Waals surface area contributed by atoms with Crippen LogP contribution in [0.5, 0.6) is 5.75 Å². The molecule has 1 fully saturated rings. The number of ether oxygens (including phenoxy) is 1. The molecular weight excluding hydrogens is 200 g/mol. The van der Waals surface area contributed by atoms with Crippen LogP contribution in [0.4, 0.5) is 11.4 Å². The van der Waals surface area contributed by atoms with Crippen LogP contribution in [0.3, 0.4) is 0 Å². The van der Waals surface area contributed by atoms with Crippen molar-refractivity contribution in [2.45, 2.75) is 38.1 Å². The van der Waals surface area contributed by atoms with Crippen LogP contribution in [0.15, 0.2) is 18.2 Å². The van der Waals surface area contributed by atoms with Gasteiger partial charge >= 0.3 is 0 Å². The summed E-state index contributed by atoms with van der Waals surface area (Å²) >= 11 is 0. The largest absolute Gasteiger partial charge is 0.495 e. The minimum atomic E-state index is 0.613. The van der Waals surface area contributed by atoms with Gasteiger partial charge in [-0.1, -0.05) is 19.3 Å². The monoisotopic (exact) mass is 220 g/mol. The molecule has 1 aliphatic rings. The van der Waals surface area contributed by atoms with Crippen LogP contribution in [0.25, 0.3) is 0 Å². The summed E-state index contributed by atoms with van der Waals surface area (Å²) in [5.41, 5.74) is 7.58. The summed E-state index contributed by atoms with van der Waals surface area (Å²) in [6.45, 7) is 0. The van der Waals surface area contributed by atoms with Crippen LogP contribution in [-0.2, 0) is 0 Å². The quantitative estimate of drug-likeness (QED) is 0.770. The Morgan fingerprint density at radius 2 is 2.00 bits per heavy atom. The number of hydrogen-bond donors (Lipinski definition) is 2. The molecule has 3 nitrogen and oxygen atoms in total. The average Bonchev–Trinajstić information content (AvgIpc) is 2.33. The molecule has 3 N–H and O–H groups in total. The predicted octanol–water partition coefficient (Wildman–Crippen LogP) is 3.02. The molecule has 2 rings (SSSR count). The lowest BCUT2D eigenvalue weighted by Crippen LogP contribution is -2.22. The highest BCUT2D eigenvalue weighted by Gasteiger charge is 2.13. The number of nitrogens with one attached hydrogen (secondary N) is 1. The SMILES string of the molecule is COc1cc(NC2CCCCC2)ccc1N. The normalized spacial score (nSPS) is 17.1. The first-order valence-electron chi connectivity index (χ1n) is 5.99. The van der Waals surface area contributed by atoms with Gasteiger partial charge in [0, 0.05) is 17.8 Å². The fourth-order valence-corrected chi connectivity index (χ4v) is 2.28. The van der Waals surface area contributed by atoms with E-state index < -0.39 is 0 Å². The molecule has 88 valence electrons. The molecule has 1 saturated carbocycles. The Hall–Kier alpha value is -1.38. The third-order valence-corrected chi connectivity index (χ3v) is 3.21. The van der Waals surface area contributed by atoms with Gasteiger partial charge in [-0.3, -0.25) is 0 Å². The molecule has 3 heteroatoms. The Morgan fingerprint density at radius 3 is 2.69 bits per heavy atom. The van der Waals surface area contributed by atoms with Crippen LogP contribution < -0.4 is 15.8 Å². The van der Waals surface area contributed by atoms with Gasteiger partial charge in [0.2, 0.25) is 0 Å². The number of rotatable bonds is 3. The molecule has 1 aromatic carbocycles. The van der Waals surface area contributed by atoms with Crippen molar-refractivity contribution in [2.75, 3.05) is 18.2 Å². The third kappa shape index (κ3) is 2.60.